The third-order valence-corrected chi connectivity index (χ3v) is 1.56. The second-order valence-electron chi connectivity index (χ2n) is 2.43. The summed E-state index contributed by atoms with van der Waals surface area (Å²) in [5.41, 5.74) is 3.66. The SMILES string of the molecule is NCc1cc(C(F)F)[nH]c(=O)c1O. The summed E-state index contributed by atoms with van der Waals surface area (Å²) < 4.78 is 24.2. The summed E-state index contributed by atoms with van der Waals surface area (Å²) in [6, 6.07) is 0.974. The van der Waals surface area contributed by atoms with Gasteiger partial charge in [-0.25, -0.2) is 8.78 Å². The van der Waals surface area contributed by atoms with Crippen molar-refractivity contribution in [2.24, 2.45) is 5.73 Å². The van der Waals surface area contributed by atoms with Crippen molar-refractivity contribution in [1.82, 2.24) is 4.98 Å². The number of rotatable bonds is 2. The van der Waals surface area contributed by atoms with Crippen LogP contribution < -0.4 is 11.3 Å². The van der Waals surface area contributed by atoms with Gasteiger partial charge in [-0.1, -0.05) is 0 Å². The Kier molecular flexibility index (Phi) is 2.62. The van der Waals surface area contributed by atoms with Crippen molar-refractivity contribution in [3.8, 4) is 5.75 Å². The Bertz CT molecular complexity index is 362. The van der Waals surface area contributed by atoms with Crippen molar-refractivity contribution < 1.29 is 13.9 Å². The Hall–Kier alpha value is -1.43. The normalized spacial score (nSPS) is 10.8. The minimum Gasteiger partial charge on any atom is -0.503 e. The van der Waals surface area contributed by atoms with Crippen molar-refractivity contribution in [2.45, 2.75) is 13.0 Å². The molecule has 0 radical (unpaired) electrons. The maximum absolute atomic E-state index is 12.1. The van der Waals surface area contributed by atoms with Crippen LogP contribution in [0.3, 0.4) is 0 Å². The van der Waals surface area contributed by atoms with Crippen LogP contribution in [0, 0.1) is 0 Å². The molecular formula is C7H8F2N2O2. The number of halogens is 2. The summed E-state index contributed by atoms with van der Waals surface area (Å²) in [6.45, 7) is -0.157. The largest absolute Gasteiger partial charge is 0.503 e. The first kappa shape index (κ1) is 9.66. The number of aromatic amines is 1. The third-order valence-electron chi connectivity index (χ3n) is 1.56. The fourth-order valence-corrected chi connectivity index (χ4v) is 0.901. The fourth-order valence-electron chi connectivity index (χ4n) is 0.901. The molecule has 1 aromatic heterocycles. The molecular weight excluding hydrogens is 182 g/mol. The fraction of sp³-hybridized carbons (Fsp3) is 0.286. The van der Waals surface area contributed by atoms with Gasteiger partial charge in [-0.2, -0.15) is 0 Å². The van der Waals surface area contributed by atoms with Gasteiger partial charge in [0, 0.05) is 12.1 Å². The molecule has 13 heavy (non-hydrogen) atoms. The van der Waals surface area contributed by atoms with Crippen LogP contribution >= 0.6 is 0 Å². The van der Waals surface area contributed by atoms with Gasteiger partial charge in [0.2, 0.25) is 0 Å². The number of H-pyrrole nitrogens is 1. The molecule has 0 saturated heterocycles. The van der Waals surface area contributed by atoms with Crippen LogP contribution in [0.25, 0.3) is 0 Å². The number of aromatic nitrogens is 1. The molecule has 0 fully saturated rings. The summed E-state index contributed by atoms with van der Waals surface area (Å²) in [5.74, 6) is -0.605. The number of hydrogen-bond acceptors (Lipinski definition) is 3. The molecule has 0 bridgehead atoms. The van der Waals surface area contributed by atoms with Crippen LogP contribution in [0.4, 0.5) is 8.78 Å². The van der Waals surface area contributed by atoms with E-state index in [0.717, 1.165) is 6.07 Å². The molecule has 0 spiro atoms. The molecule has 1 rings (SSSR count). The minimum absolute atomic E-state index is 0.0130. The summed E-state index contributed by atoms with van der Waals surface area (Å²) in [7, 11) is 0. The van der Waals surface area contributed by atoms with Crippen LogP contribution in [0.1, 0.15) is 17.7 Å². The van der Waals surface area contributed by atoms with Gasteiger partial charge < -0.3 is 15.8 Å². The molecule has 0 aliphatic rings. The van der Waals surface area contributed by atoms with E-state index < -0.39 is 23.4 Å². The molecule has 1 aromatic rings. The molecule has 4 nitrogen and oxygen atoms in total. The van der Waals surface area contributed by atoms with Crippen molar-refractivity contribution >= 4 is 0 Å². The Morgan fingerprint density at radius 3 is 2.69 bits per heavy atom. The number of pyridine rings is 1. The van der Waals surface area contributed by atoms with Crippen molar-refractivity contribution in [3.05, 3.63) is 27.7 Å². The van der Waals surface area contributed by atoms with Gasteiger partial charge in [0.05, 0.1) is 5.69 Å². The zero-order chi connectivity index (χ0) is 10.0. The number of hydrogen-bond donors (Lipinski definition) is 3. The first-order valence-corrected chi connectivity index (χ1v) is 3.49. The van der Waals surface area contributed by atoms with Gasteiger partial charge in [-0.3, -0.25) is 4.79 Å². The predicted molar refractivity (Wildman–Crippen MR) is 41.6 cm³/mol. The molecule has 0 amide bonds. The van der Waals surface area contributed by atoms with E-state index >= 15 is 0 Å². The number of nitrogens with one attached hydrogen (secondary N) is 1. The van der Waals surface area contributed by atoms with Crippen LogP contribution in [-0.2, 0) is 6.54 Å². The van der Waals surface area contributed by atoms with E-state index in [9.17, 15) is 13.6 Å². The molecule has 72 valence electrons. The monoisotopic (exact) mass is 190 g/mol. The molecule has 6 heteroatoms. The average molecular weight is 190 g/mol. The quantitative estimate of drug-likeness (QED) is 0.634. The Balaban J connectivity index is 3.31. The highest BCUT2D eigenvalue weighted by atomic mass is 19.3. The minimum atomic E-state index is -2.78. The van der Waals surface area contributed by atoms with Crippen molar-refractivity contribution in [2.75, 3.05) is 0 Å². The average Bonchev–Trinajstić information content (AvgIpc) is 2.09. The van der Waals surface area contributed by atoms with E-state index in [2.05, 4.69) is 0 Å². The highest BCUT2D eigenvalue weighted by molar-refractivity contribution is 5.31. The topological polar surface area (TPSA) is 79.1 Å². The lowest BCUT2D eigenvalue weighted by Gasteiger charge is -2.04. The first-order valence-electron chi connectivity index (χ1n) is 3.49. The number of nitrogens with two attached hydrogens (primary N) is 1. The Morgan fingerprint density at radius 2 is 2.23 bits per heavy atom. The van der Waals surface area contributed by atoms with E-state index in [4.69, 9.17) is 10.8 Å². The summed E-state index contributed by atoms with van der Waals surface area (Å²) in [6.07, 6.45) is -2.78. The second-order valence-corrected chi connectivity index (χ2v) is 2.43. The standard InChI is InChI=1S/C7H8F2N2O2/c8-6(9)4-1-3(2-10)5(12)7(13)11-4/h1,6,12H,2,10H2,(H,11,13). The lowest BCUT2D eigenvalue weighted by Crippen LogP contribution is -2.13. The van der Waals surface area contributed by atoms with Crippen LogP contribution in [0.5, 0.6) is 5.75 Å². The number of aromatic hydroxyl groups is 1. The number of alkyl halides is 2. The van der Waals surface area contributed by atoms with Gasteiger partial charge in [0.1, 0.15) is 0 Å². The lowest BCUT2D eigenvalue weighted by molar-refractivity contribution is 0.145. The van der Waals surface area contributed by atoms with E-state index in [0.29, 0.717) is 0 Å². The van der Waals surface area contributed by atoms with Crippen molar-refractivity contribution in [3.63, 3.8) is 0 Å². The molecule has 0 saturated carbocycles. The van der Waals surface area contributed by atoms with Gasteiger partial charge in [0.25, 0.3) is 12.0 Å². The van der Waals surface area contributed by atoms with Gasteiger partial charge in [-0.15, -0.1) is 0 Å². The maximum atomic E-state index is 12.1. The molecule has 4 N–H and O–H groups in total. The van der Waals surface area contributed by atoms with E-state index in [-0.39, 0.29) is 12.1 Å². The van der Waals surface area contributed by atoms with E-state index in [1.807, 2.05) is 4.98 Å². The summed E-state index contributed by atoms with van der Waals surface area (Å²) >= 11 is 0. The molecule has 0 aliphatic carbocycles. The first-order chi connectivity index (χ1) is 6.06. The molecule has 0 aromatic carbocycles. The van der Waals surface area contributed by atoms with Gasteiger partial charge in [-0.05, 0) is 6.07 Å². The maximum Gasteiger partial charge on any atom is 0.290 e. The highest BCUT2D eigenvalue weighted by Gasteiger charge is 2.12. The zero-order valence-corrected chi connectivity index (χ0v) is 6.55. The second kappa shape index (κ2) is 3.53. The van der Waals surface area contributed by atoms with Gasteiger partial charge >= 0.3 is 0 Å². The summed E-state index contributed by atoms with van der Waals surface area (Å²) in [5, 5.41) is 9.04. The molecule has 0 atom stereocenters. The predicted octanol–water partition coefficient (Wildman–Crippen LogP) is 0.477. The van der Waals surface area contributed by atoms with Crippen molar-refractivity contribution in [1.29, 1.82) is 0 Å². The Morgan fingerprint density at radius 1 is 1.62 bits per heavy atom. The lowest BCUT2D eigenvalue weighted by atomic mass is 10.2. The van der Waals surface area contributed by atoms with Crippen LogP contribution in [-0.4, -0.2) is 10.1 Å². The van der Waals surface area contributed by atoms with Crippen LogP contribution in [0.15, 0.2) is 10.9 Å². The van der Waals surface area contributed by atoms with Gasteiger partial charge in [0.15, 0.2) is 5.75 Å². The van der Waals surface area contributed by atoms with E-state index in [1.165, 1.54) is 0 Å². The summed E-state index contributed by atoms with van der Waals surface area (Å²) in [4.78, 5) is 12.7. The third kappa shape index (κ3) is 1.83. The Labute approximate surface area is 72.0 Å². The zero-order valence-electron chi connectivity index (χ0n) is 6.55. The molecule has 0 unspecified atom stereocenters. The van der Waals surface area contributed by atoms with E-state index in [1.54, 1.807) is 0 Å². The highest BCUT2D eigenvalue weighted by Crippen LogP contribution is 2.19. The van der Waals surface area contributed by atoms with Crippen LogP contribution in [0.2, 0.25) is 0 Å². The molecule has 0 aliphatic heterocycles. The molecule has 1 heterocycles. The smallest absolute Gasteiger partial charge is 0.290 e.